The van der Waals surface area contributed by atoms with Crippen molar-refractivity contribution < 1.29 is 64.0 Å². The molecule has 9 atom stereocenters. The first-order chi connectivity index (χ1) is 23.9. The highest BCUT2D eigenvalue weighted by molar-refractivity contribution is 6.21. The van der Waals surface area contributed by atoms with Gasteiger partial charge in [0.2, 0.25) is 0 Å². The Morgan fingerprint density at radius 1 is 0.980 bits per heavy atom. The SMILES string of the molecule is CO[C@H]1/C=C/O[C@@]2(C)Oc3c(C)c(O)c4c(O)c(cc(O)c4c3C2=O)NC(=O)/C(CO)=C\C=C\[C@H](C)[C@H](O)[C@@H](C)[C@@H](O)[C@@H](C)[C@H](OC(C)=O)[C@@H]1C. The van der Waals surface area contributed by atoms with Crippen molar-refractivity contribution in [1.29, 1.82) is 0 Å². The lowest BCUT2D eigenvalue weighted by Gasteiger charge is -2.38. The molecule has 3 aliphatic heterocycles. The summed E-state index contributed by atoms with van der Waals surface area (Å²) in [5.41, 5.74) is -0.624. The first kappa shape index (κ1) is 39.2. The van der Waals surface area contributed by atoms with Gasteiger partial charge in [-0.2, -0.15) is 0 Å². The van der Waals surface area contributed by atoms with Crippen LogP contribution in [-0.2, 0) is 23.8 Å². The summed E-state index contributed by atoms with van der Waals surface area (Å²) in [6.45, 7) is 10.0. The molecule has 2 aromatic rings. The predicted octanol–water partition coefficient (Wildman–Crippen LogP) is 3.73. The lowest BCUT2D eigenvalue weighted by Crippen LogP contribution is -2.46. The fraction of sp³-hybridized carbons (Fsp3) is 0.486. The van der Waals surface area contributed by atoms with Gasteiger partial charge in [0.15, 0.2) is 5.75 Å². The number of phenols is 3. The summed E-state index contributed by atoms with van der Waals surface area (Å²) in [6, 6.07) is 0.994. The van der Waals surface area contributed by atoms with Crippen LogP contribution < -0.4 is 10.1 Å². The lowest BCUT2D eigenvalue weighted by molar-refractivity contribution is -0.160. The largest absolute Gasteiger partial charge is 0.507 e. The topological polar surface area (TPSA) is 222 Å². The third kappa shape index (κ3) is 7.40. The number of anilines is 1. The number of allylic oxidation sites excluding steroid dienone is 2. The van der Waals surface area contributed by atoms with Crippen LogP contribution in [0.1, 0.15) is 57.5 Å². The Balaban J connectivity index is 1.89. The van der Waals surface area contributed by atoms with Crippen molar-refractivity contribution >= 4 is 34.1 Å². The fourth-order valence-electron chi connectivity index (χ4n) is 6.73. The number of carbonyl (C=O) groups is 3. The van der Waals surface area contributed by atoms with Gasteiger partial charge in [-0.25, -0.2) is 0 Å². The number of rotatable bonds is 3. The Hall–Kier alpha value is -4.63. The van der Waals surface area contributed by atoms with E-state index in [0.717, 1.165) is 6.07 Å². The van der Waals surface area contributed by atoms with Gasteiger partial charge in [-0.3, -0.25) is 14.4 Å². The Labute approximate surface area is 295 Å². The maximum absolute atomic E-state index is 13.9. The number of aliphatic hydroxyl groups is 3. The molecule has 1 amide bonds. The lowest BCUT2D eigenvalue weighted by atomic mass is 9.78. The molecule has 3 heterocycles. The molecule has 0 unspecified atom stereocenters. The van der Waals surface area contributed by atoms with Gasteiger partial charge < -0.3 is 54.9 Å². The number of Topliss-reactive ketones (excluding diaryl/α,β-unsaturated/α-hetero) is 1. The fourth-order valence-corrected chi connectivity index (χ4v) is 6.73. The van der Waals surface area contributed by atoms with Gasteiger partial charge in [-0.1, -0.05) is 45.9 Å². The van der Waals surface area contributed by atoms with E-state index in [2.05, 4.69) is 5.32 Å². The first-order valence-electron chi connectivity index (χ1n) is 16.6. The molecule has 5 bridgehead atoms. The second-order valence-corrected chi connectivity index (χ2v) is 13.4. The van der Waals surface area contributed by atoms with Gasteiger partial charge in [0.1, 0.15) is 23.4 Å². The molecule has 7 N–H and O–H groups in total. The summed E-state index contributed by atoms with van der Waals surface area (Å²) in [5.74, 6) is -8.68. The minimum absolute atomic E-state index is 0.0395. The van der Waals surface area contributed by atoms with E-state index in [4.69, 9.17) is 18.9 Å². The number of aromatic hydroxyl groups is 3. The molecule has 2 aromatic carbocycles. The highest BCUT2D eigenvalue weighted by Crippen LogP contribution is 2.53. The van der Waals surface area contributed by atoms with Crippen LogP contribution in [0, 0.1) is 30.6 Å². The molecule has 0 aliphatic carbocycles. The quantitative estimate of drug-likeness (QED) is 0.137. The van der Waals surface area contributed by atoms with E-state index in [1.165, 1.54) is 52.4 Å². The summed E-state index contributed by atoms with van der Waals surface area (Å²) in [4.78, 5) is 39.3. The van der Waals surface area contributed by atoms with Crippen LogP contribution in [0.5, 0.6) is 23.0 Å². The standard InChI is InChI=1S/C37H47NO13/c1-16-10-9-11-22(15-39)36(47)38-23-14-24(41)26-27(32(23)45)31(44)20(5)34-28(26)35(46)37(7,51-34)49-13-12-25(48-8)17(2)33(50-21(6)40)19(4)30(43)18(3)29(16)42/h9-14,16-19,25,29-30,33,39,41-45H,15H2,1-8H3,(H,38,47)/b10-9+,13-12+,22-11-/t16-,17+,18+,19+,25-,29-,30+,33+,37-/m0/s1. The number of ether oxygens (including phenoxy) is 4. The number of ketones is 1. The zero-order valence-electron chi connectivity index (χ0n) is 29.8. The van der Waals surface area contributed by atoms with Crippen molar-refractivity contribution in [2.24, 2.45) is 23.7 Å². The van der Waals surface area contributed by atoms with Gasteiger partial charge >= 0.3 is 11.8 Å². The van der Waals surface area contributed by atoms with Crippen LogP contribution >= 0.6 is 0 Å². The molecule has 5 rings (SSSR count). The second kappa shape index (κ2) is 15.3. The molecule has 51 heavy (non-hydrogen) atoms. The van der Waals surface area contributed by atoms with Crippen LogP contribution in [0.4, 0.5) is 5.69 Å². The Morgan fingerprint density at radius 3 is 2.25 bits per heavy atom. The van der Waals surface area contributed by atoms with Crippen molar-refractivity contribution in [3.8, 4) is 23.0 Å². The van der Waals surface area contributed by atoms with Gasteiger partial charge in [0.05, 0.1) is 47.8 Å². The molecule has 0 radical (unpaired) electrons. The summed E-state index contributed by atoms with van der Waals surface area (Å²) in [5, 5.41) is 67.9. The number of methoxy groups -OCH3 is 1. The zero-order chi connectivity index (χ0) is 38.1. The first-order valence-corrected chi connectivity index (χ1v) is 16.6. The van der Waals surface area contributed by atoms with Crippen LogP contribution in [-0.4, -0.2) is 92.2 Å². The number of hydrogen-bond donors (Lipinski definition) is 7. The molecule has 278 valence electrons. The monoisotopic (exact) mass is 713 g/mol. The summed E-state index contributed by atoms with van der Waals surface area (Å²) < 4.78 is 23.1. The molecular weight excluding hydrogens is 666 g/mol. The van der Waals surface area contributed by atoms with E-state index in [0.29, 0.717) is 0 Å². The third-order valence-corrected chi connectivity index (χ3v) is 9.89. The Bertz CT molecular complexity index is 1780. The molecule has 0 spiro atoms. The third-order valence-electron chi connectivity index (χ3n) is 9.89. The van der Waals surface area contributed by atoms with Crippen molar-refractivity contribution in [2.45, 2.75) is 78.7 Å². The minimum atomic E-state index is -2.01. The average Bonchev–Trinajstić information content (AvgIpc) is 3.35. The summed E-state index contributed by atoms with van der Waals surface area (Å²) in [6.07, 6.45) is 3.02. The van der Waals surface area contributed by atoms with Crippen molar-refractivity contribution in [3.05, 3.63) is 53.3 Å². The van der Waals surface area contributed by atoms with E-state index < -0.39 is 95.4 Å². The number of hydrogen-bond acceptors (Lipinski definition) is 13. The number of benzene rings is 2. The molecule has 0 saturated carbocycles. The highest BCUT2D eigenvalue weighted by Gasteiger charge is 2.49. The number of aliphatic hydroxyl groups excluding tert-OH is 3. The van der Waals surface area contributed by atoms with Gasteiger partial charge in [-0.15, -0.1) is 0 Å². The molecule has 0 aromatic heterocycles. The van der Waals surface area contributed by atoms with Crippen LogP contribution in [0.25, 0.3) is 10.8 Å². The number of carbonyl (C=O) groups excluding carboxylic acids is 3. The maximum Gasteiger partial charge on any atom is 0.312 e. The number of nitrogens with one attached hydrogen (secondary N) is 1. The molecule has 14 nitrogen and oxygen atoms in total. The molecule has 0 fully saturated rings. The van der Waals surface area contributed by atoms with Crippen molar-refractivity contribution in [2.75, 3.05) is 19.0 Å². The van der Waals surface area contributed by atoms with E-state index in [9.17, 15) is 45.0 Å². The van der Waals surface area contributed by atoms with E-state index >= 15 is 0 Å². The molecule has 0 saturated heterocycles. The molecular formula is C37H47NO13. The Morgan fingerprint density at radius 2 is 1.65 bits per heavy atom. The minimum Gasteiger partial charge on any atom is -0.507 e. The van der Waals surface area contributed by atoms with E-state index in [1.54, 1.807) is 33.8 Å². The number of esters is 1. The van der Waals surface area contributed by atoms with Crippen molar-refractivity contribution in [3.63, 3.8) is 0 Å². The van der Waals surface area contributed by atoms with Crippen LogP contribution in [0.3, 0.4) is 0 Å². The number of fused-ring (bicyclic) bond motifs is 14. The molecule has 14 heteroatoms. The average molecular weight is 714 g/mol. The number of amides is 1. The van der Waals surface area contributed by atoms with Gasteiger partial charge in [0.25, 0.3) is 11.7 Å². The van der Waals surface area contributed by atoms with Crippen LogP contribution in [0.15, 0.2) is 42.2 Å². The smallest absolute Gasteiger partial charge is 0.312 e. The van der Waals surface area contributed by atoms with Gasteiger partial charge in [0, 0.05) is 67.2 Å². The summed E-state index contributed by atoms with van der Waals surface area (Å²) >= 11 is 0. The van der Waals surface area contributed by atoms with E-state index in [-0.39, 0.29) is 38.9 Å². The predicted molar refractivity (Wildman–Crippen MR) is 185 cm³/mol. The van der Waals surface area contributed by atoms with E-state index in [1.807, 2.05) is 0 Å². The second-order valence-electron chi connectivity index (χ2n) is 13.4. The normalized spacial score (nSPS) is 32.8. The van der Waals surface area contributed by atoms with Crippen molar-refractivity contribution in [1.82, 2.24) is 0 Å². The van der Waals surface area contributed by atoms with Crippen LogP contribution in [0.2, 0.25) is 0 Å². The zero-order valence-corrected chi connectivity index (χ0v) is 29.8. The number of phenolic OH excluding ortho intramolecular Hbond substituents is 3. The van der Waals surface area contributed by atoms with Gasteiger partial charge in [-0.05, 0) is 13.0 Å². The summed E-state index contributed by atoms with van der Waals surface area (Å²) in [7, 11) is 1.42. The highest BCUT2D eigenvalue weighted by atomic mass is 16.7. The Kier molecular flexibility index (Phi) is 11.8. The molecule has 3 aliphatic rings. The maximum atomic E-state index is 13.9.